The van der Waals surface area contributed by atoms with Gasteiger partial charge in [0, 0.05) is 49.6 Å². The van der Waals surface area contributed by atoms with Crippen molar-refractivity contribution in [1.29, 1.82) is 0 Å². The lowest BCUT2D eigenvalue weighted by atomic mass is 10.00. The lowest BCUT2D eigenvalue weighted by Gasteiger charge is -2.41. The summed E-state index contributed by atoms with van der Waals surface area (Å²) >= 11 is 12.1. The van der Waals surface area contributed by atoms with Crippen LogP contribution in [-0.2, 0) is 10.0 Å². The molecule has 0 N–H and O–H groups in total. The number of rotatable bonds is 5. The van der Waals surface area contributed by atoms with E-state index in [1.807, 2.05) is 12.1 Å². The maximum Gasteiger partial charge on any atom is 0.244 e. The van der Waals surface area contributed by atoms with Gasteiger partial charge in [0.15, 0.2) is 0 Å². The van der Waals surface area contributed by atoms with E-state index in [1.165, 1.54) is 16.4 Å². The average molecular weight is 470 g/mol. The smallest absolute Gasteiger partial charge is 0.244 e. The Morgan fingerprint density at radius 2 is 1.60 bits per heavy atom. The number of pyridine rings is 1. The Morgan fingerprint density at radius 1 is 0.933 bits per heavy atom. The maximum atomic E-state index is 13.0. The van der Waals surface area contributed by atoms with Crippen molar-refractivity contribution in [2.45, 2.75) is 42.7 Å². The van der Waals surface area contributed by atoms with Gasteiger partial charge in [0.25, 0.3) is 0 Å². The summed E-state index contributed by atoms with van der Waals surface area (Å²) in [5.41, 5.74) is 0. The van der Waals surface area contributed by atoms with E-state index in [1.54, 1.807) is 18.5 Å². The van der Waals surface area contributed by atoms with Crippen LogP contribution in [0.15, 0.2) is 47.6 Å². The van der Waals surface area contributed by atoms with Crippen molar-refractivity contribution >= 4 is 33.2 Å². The standard InChI is InChI=1S/C21H25Cl2N3O3S/c22-16-1-2-20(23)21(15-16)30(27,28)26-13-5-17(6-14-26)25-11-7-19(8-12-25)29-18-3-9-24-10-4-18/h1-4,9-10,15,17,19H,5-8,11-14H2. The van der Waals surface area contributed by atoms with Gasteiger partial charge in [-0.05, 0) is 56.0 Å². The van der Waals surface area contributed by atoms with Crippen molar-refractivity contribution < 1.29 is 13.2 Å². The van der Waals surface area contributed by atoms with Crippen LogP contribution in [0.1, 0.15) is 25.7 Å². The van der Waals surface area contributed by atoms with Crippen LogP contribution in [0.3, 0.4) is 0 Å². The number of hydrogen-bond donors (Lipinski definition) is 0. The molecule has 0 unspecified atom stereocenters. The van der Waals surface area contributed by atoms with Crippen molar-refractivity contribution in [1.82, 2.24) is 14.2 Å². The summed E-state index contributed by atoms with van der Waals surface area (Å²) in [6.45, 7) is 2.91. The minimum absolute atomic E-state index is 0.0872. The molecule has 9 heteroatoms. The predicted molar refractivity (Wildman–Crippen MR) is 118 cm³/mol. The van der Waals surface area contributed by atoms with Crippen LogP contribution < -0.4 is 4.74 Å². The second-order valence-electron chi connectivity index (χ2n) is 7.75. The van der Waals surface area contributed by atoms with Gasteiger partial charge in [0.2, 0.25) is 10.0 Å². The minimum Gasteiger partial charge on any atom is -0.490 e. The van der Waals surface area contributed by atoms with Gasteiger partial charge in [-0.15, -0.1) is 0 Å². The average Bonchev–Trinajstić information content (AvgIpc) is 2.77. The van der Waals surface area contributed by atoms with E-state index >= 15 is 0 Å². The van der Waals surface area contributed by atoms with Crippen molar-refractivity contribution in [2.75, 3.05) is 26.2 Å². The molecule has 3 heterocycles. The molecule has 1 aromatic carbocycles. The number of hydrogen-bond acceptors (Lipinski definition) is 5. The number of piperidine rings is 2. The third-order valence-corrected chi connectivity index (χ3v) is 8.50. The van der Waals surface area contributed by atoms with Crippen molar-refractivity contribution in [3.05, 3.63) is 52.8 Å². The molecule has 4 rings (SSSR count). The van der Waals surface area contributed by atoms with E-state index in [-0.39, 0.29) is 16.0 Å². The maximum absolute atomic E-state index is 13.0. The van der Waals surface area contributed by atoms with Crippen LogP contribution in [0.2, 0.25) is 10.0 Å². The molecule has 1 aromatic heterocycles. The first-order valence-corrected chi connectivity index (χ1v) is 12.4. The molecule has 2 aliphatic rings. The van der Waals surface area contributed by atoms with Gasteiger partial charge in [-0.3, -0.25) is 4.98 Å². The zero-order valence-corrected chi connectivity index (χ0v) is 18.9. The fourth-order valence-corrected chi connectivity index (χ4v) is 6.44. The SMILES string of the molecule is O=S(=O)(c1cc(Cl)ccc1Cl)N1CCC(N2CCC(Oc3ccncc3)CC2)CC1. The van der Waals surface area contributed by atoms with E-state index in [0.29, 0.717) is 24.2 Å². The highest BCUT2D eigenvalue weighted by Gasteiger charge is 2.34. The molecule has 0 aliphatic carbocycles. The second kappa shape index (κ2) is 9.40. The van der Waals surface area contributed by atoms with Crippen LogP contribution >= 0.6 is 23.2 Å². The van der Waals surface area contributed by atoms with Gasteiger partial charge in [-0.1, -0.05) is 23.2 Å². The highest BCUT2D eigenvalue weighted by atomic mass is 35.5. The zero-order valence-electron chi connectivity index (χ0n) is 16.6. The second-order valence-corrected chi connectivity index (χ2v) is 10.5. The van der Waals surface area contributed by atoms with Crippen LogP contribution in [0.25, 0.3) is 0 Å². The van der Waals surface area contributed by atoms with Gasteiger partial charge in [-0.2, -0.15) is 4.31 Å². The van der Waals surface area contributed by atoms with Crippen molar-refractivity contribution in [3.8, 4) is 5.75 Å². The quantitative estimate of drug-likeness (QED) is 0.659. The molecule has 162 valence electrons. The highest BCUT2D eigenvalue weighted by molar-refractivity contribution is 7.89. The Morgan fingerprint density at radius 3 is 2.27 bits per heavy atom. The van der Waals surface area contributed by atoms with E-state index in [9.17, 15) is 8.42 Å². The summed E-state index contributed by atoms with van der Waals surface area (Å²) in [7, 11) is -3.64. The highest BCUT2D eigenvalue weighted by Crippen LogP contribution is 2.31. The Balaban J connectivity index is 1.30. The number of likely N-dealkylation sites (tertiary alicyclic amines) is 1. The van der Waals surface area contributed by atoms with Gasteiger partial charge < -0.3 is 9.64 Å². The lowest BCUT2D eigenvalue weighted by molar-refractivity contribution is 0.0585. The molecule has 0 saturated carbocycles. The predicted octanol–water partition coefficient (Wildman–Crippen LogP) is 4.08. The normalized spacial score (nSPS) is 20.3. The lowest BCUT2D eigenvalue weighted by Crippen LogP contribution is -2.50. The summed E-state index contributed by atoms with van der Waals surface area (Å²) in [5.74, 6) is 0.863. The molecule has 30 heavy (non-hydrogen) atoms. The Kier molecular flexibility index (Phi) is 6.85. The zero-order chi connectivity index (χ0) is 21.1. The Labute approximate surface area is 187 Å². The molecule has 2 saturated heterocycles. The van der Waals surface area contributed by atoms with E-state index in [4.69, 9.17) is 27.9 Å². The summed E-state index contributed by atoms with van der Waals surface area (Å²) < 4.78 is 33.6. The number of halogens is 2. The molecule has 2 fully saturated rings. The minimum atomic E-state index is -3.64. The third kappa shape index (κ3) is 4.92. The summed E-state index contributed by atoms with van der Waals surface area (Å²) in [6.07, 6.45) is 7.26. The van der Waals surface area contributed by atoms with Crippen LogP contribution in [-0.4, -0.2) is 60.9 Å². The first kappa shape index (κ1) is 21.8. The summed E-state index contributed by atoms with van der Waals surface area (Å²) in [6, 6.07) is 8.72. The monoisotopic (exact) mass is 469 g/mol. The van der Waals surface area contributed by atoms with Gasteiger partial charge in [0.05, 0.1) is 5.02 Å². The van der Waals surface area contributed by atoms with E-state index in [0.717, 1.165) is 44.5 Å². The van der Waals surface area contributed by atoms with Crippen molar-refractivity contribution in [3.63, 3.8) is 0 Å². The number of ether oxygens (including phenoxy) is 1. The van der Waals surface area contributed by atoms with E-state index < -0.39 is 10.0 Å². The largest absolute Gasteiger partial charge is 0.490 e. The molecule has 0 radical (unpaired) electrons. The fraction of sp³-hybridized carbons (Fsp3) is 0.476. The molecule has 0 atom stereocenters. The first-order valence-electron chi connectivity index (χ1n) is 10.2. The first-order chi connectivity index (χ1) is 14.4. The van der Waals surface area contributed by atoms with Crippen LogP contribution in [0, 0.1) is 0 Å². The summed E-state index contributed by atoms with van der Waals surface area (Å²) in [4.78, 5) is 6.58. The van der Waals surface area contributed by atoms with Crippen molar-refractivity contribution in [2.24, 2.45) is 0 Å². The molecular formula is C21H25Cl2N3O3S. The summed E-state index contributed by atoms with van der Waals surface area (Å²) in [5, 5.41) is 0.572. The molecule has 0 spiro atoms. The van der Waals surface area contributed by atoms with Gasteiger partial charge >= 0.3 is 0 Å². The van der Waals surface area contributed by atoms with Crippen LogP contribution in [0.5, 0.6) is 5.75 Å². The van der Waals surface area contributed by atoms with Crippen LogP contribution in [0.4, 0.5) is 0 Å². The Hall–Kier alpha value is -1.38. The molecule has 2 aromatic rings. The molecular weight excluding hydrogens is 445 g/mol. The Bertz CT molecular complexity index is 959. The molecule has 6 nitrogen and oxygen atoms in total. The molecule has 0 amide bonds. The number of aromatic nitrogens is 1. The van der Waals surface area contributed by atoms with Gasteiger partial charge in [-0.25, -0.2) is 8.42 Å². The number of nitrogens with zero attached hydrogens (tertiary/aromatic N) is 3. The number of sulfonamides is 1. The third-order valence-electron chi connectivity index (χ3n) is 5.88. The van der Waals surface area contributed by atoms with E-state index in [2.05, 4.69) is 9.88 Å². The fourth-order valence-electron chi connectivity index (χ4n) is 4.23. The number of benzene rings is 1. The van der Waals surface area contributed by atoms with Gasteiger partial charge in [0.1, 0.15) is 16.7 Å². The topological polar surface area (TPSA) is 62.7 Å². The molecule has 0 bridgehead atoms. The molecule has 2 aliphatic heterocycles.